The van der Waals surface area contributed by atoms with Gasteiger partial charge < -0.3 is 5.32 Å². The van der Waals surface area contributed by atoms with Gasteiger partial charge in [-0.1, -0.05) is 0 Å². The van der Waals surface area contributed by atoms with E-state index in [1.807, 2.05) is 36.4 Å². The summed E-state index contributed by atoms with van der Waals surface area (Å²) >= 11 is 3.55. The smallest absolute Gasteiger partial charge is 0.0739 e. The first-order valence-electron chi connectivity index (χ1n) is 5.45. The predicted molar refractivity (Wildman–Crippen MR) is 69.4 cm³/mol. The van der Waals surface area contributed by atoms with Crippen molar-refractivity contribution in [3.8, 4) is 0 Å². The lowest BCUT2D eigenvalue weighted by molar-refractivity contribution is 0.593. The number of halogens is 1. The predicted octanol–water partition coefficient (Wildman–Crippen LogP) is 1.51. The summed E-state index contributed by atoms with van der Waals surface area (Å²) in [6.45, 7) is 3.57. The molecule has 5 nitrogen and oxygen atoms in total. The summed E-state index contributed by atoms with van der Waals surface area (Å²) in [6, 6.07) is 2.01. The van der Waals surface area contributed by atoms with Crippen molar-refractivity contribution in [1.29, 1.82) is 0 Å². The van der Waals surface area contributed by atoms with Crippen LogP contribution in [-0.4, -0.2) is 19.6 Å². The largest absolute Gasteiger partial charge is 0.305 e. The molecule has 0 aliphatic rings. The van der Waals surface area contributed by atoms with Crippen molar-refractivity contribution < 1.29 is 0 Å². The highest BCUT2D eigenvalue weighted by Crippen LogP contribution is 2.19. The molecule has 2 aromatic rings. The van der Waals surface area contributed by atoms with E-state index in [1.54, 1.807) is 6.20 Å². The summed E-state index contributed by atoms with van der Waals surface area (Å²) in [5.41, 5.74) is 3.34. The van der Waals surface area contributed by atoms with Crippen LogP contribution in [0.3, 0.4) is 0 Å². The molecular formula is C11H16BrN5. The van der Waals surface area contributed by atoms with Gasteiger partial charge in [-0.3, -0.25) is 9.36 Å². The number of nitrogens with one attached hydrogen (secondary N) is 1. The van der Waals surface area contributed by atoms with Crippen molar-refractivity contribution in [2.24, 2.45) is 14.1 Å². The summed E-state index contributed by atoms with van der Waals surface area (Å²) in [6.07, 6.45) is 1.81. The maximum absolute atomic E-state index is 4.36. The maximum Gasteiger partial charge on any atom is 0.0739 e. The van der Waals surface area contributed by atoms with Gasteiger partial charge in [0.25, 0.3) is 0 Å². The van der Waals surface area contributed by atoms with Gasteiger partial charge in [0.1, 0.15) is 0 Å². The van der Waals surface area contributed by atoms with Crippen molar-refractivity contribution in [1.82, 2.24) is 24.9 Å². The van der Waals surface area contributed by atoms with Gasteiger partial charge in [0, 0.05) is 33.4 Å². The molecule has 0 amide bonds. The summed E-state index contributed by atoms with van der Waals surface area (Å²) in [5, 5.41) is 11.9. The lowest BCUT2D eigenvalue weighted by Gasteiger charge is -2.06. The van der Waals surface area contributed by atoms with E-state index in [0.717, 1.165) is 29.0 Å². The van der Waals surface area contributed by atoms with E-state index < -0.39 is 0 Å². The van der Waals surface area contributed by atoms with Crippen molar-refractivity contribution >= 4 is 15.9 Å². The fourth-order valence-corrected chi connectivity index (χ4v) is 2.23. The van der Waals surface area contributed by atoms with Crippen LogP contribution in [0.15, 0.2) is 16.7 Å². The first-order chi connectivity index (χ1) is 8.09. The van der Waals surface area contributed by atoms with Crippen molar-refractivity contribution in [3.05, 3.63) is 33.8 Å². The molecule has 0 aromatic carbocycles. The zero-order valence-electron chi connectivity index (χ0n) is 10.2. The second-order valence-electron chi connectivity index (χ2n) is 4.02. The van der Waals surface area contributed by atoms with Crippen LogP contribution in [-0.2, 0) is 27.2 Å². The molecule has 0 bridgehead atoms. The molecule has 0 radical (unpaired) electrons. The lowest BCUT2D eigenvalue weighted by Crippen LogP contribution is -2.17. The van der Waals surface area contributed by atoms with Crippen LogP contribution in [0.25, 0.3) is 0 Å². The lowest BCUT2D eigenvalue weighted by atomic mass is 10.3. The van der Waals surface area contributed by atoms with E-state index >= 15 is 0 Å². The zero-order valence-corrected chi connectivity index (χ0v) is 11.8. The Hall–Kier alpha value is -1.14. The van der Waals surface area contributed by atoms with Gasteiger partial charge in [-0.05, 0) is 28.9 Å². The minimum atomic E-state index is 0.781. The molecule has 2 aromatic heterocycles. The molecule has 2 rings (SSSR count). The molecular weight excluding hydrogens is 282 g/mol. The summed E-state index contributed by atoms with van der Waals surface area (Å²) in [4.78, 5) is 0. The number of aryl methyl sites for hydroxylation is 3. The quantitative estimate of drug-likeness (QED) is 0.931. The topological polar surface area (TPSA) is 47.7 Å². The minimum absolute atomic E-state index is 0.781. The van der Waals surface area contributed by atoms with Gasteiger partial charge in [-0.25, -0.2) is 0 Å². The van der Waals surface area contributed by atoms with E-state index in [9.17, 15) is 0 Å². The Morgan fingerprint density at radius 1 is 1.29 bits per heavy atom. The van der Waals surface area contributed by atoms with Crippen LogP contribution in [0.2, 0.25) is 0 Å². The van der Waals surface area contributed by atoms with Gasteiger partial charge in [-0.15, -0.1) is 0 Å². The molecule has 92 valence electrons. The normalized spacial score (nSPS) is 11.1. The molecule has 0 unspecified atom stereocenters. The second-order valence-corrected chi connectivity index (χ2v) is 4.81. The molecule has 0 saturated heterocycles. The number of nitrogens with zero attached hydrogens (tertiary/aromatic N) is 4. The fourth-order valence-electron chi connectivity index (χ4n) is 1.76. The van der Waals surface area contributed by atoms with Gasteiger partial charge in [-0.2, -0.15) is 10.2 Å². The third-order valence-corrected chi connectivity index (χ3v) is 3.81. The molecule has 0 fully saturated rings. The zero-order chi connectivity index (χ0) is 12.4. The van der Waals surface area contributed by atoms with Crippen LogP contribution in [0, 0.1) is 6.92 Å². The molecule has 17 heavy (non-hydrogen) atoms. The van der Waals surface area contributed by atoms with Gasteiger partial charge in [0.2, 0.25) is 0 Å². The van der Waals surface area contributed by atoms with Crippen LogP contribution in [0.1, 0.15) is 17.1 Å². The van der Waals surface area contributed by atoms with Gasteiger partial charge in [0.05, 0.1) is 21.6 Å². The Kier molecular flexibility index (Phi) is 3.63. The van der Waals surface area contributed by atoms with Crippen molar-refractivity contribution in [2.75, 3.05) is 0 Å². The molecule has 2 heterocycles. The molecule has 6 heteroatoms. The highest BCUT2D eigenvalue weighted by atomic mass is 79.9. The Labute approximate surface area is 109 Å². The first-order valence-corrected chi connectivity index (χ1v) is 6.24. The third kappa shape index (κ3) is 2.58. The Morgan fingerprint density at radius 3 is 2.59 bits per heavy atom. The van der Waals surface area contributed by atoms with Crippen LogP contribution < -0.4 is 5.32 Å². The summed E-state index contributed by atoms with van der Waals surface area (Å²) < 4.78 is 4.85. The average Bonchev–Trinajstić information content (AvgIpc) is 2.78. The van der Waals surface area contributed by atoms with Gasteiger partial charge >= 0.3 is 0 Å². The third-order valence-electron chi connectivity index (χ3n) is 2.78. The van der Waals surface area contributed by atoms with E-state index in [4.69, 9.17) is 0 Å². The van der Waals surface area contributed by atoms with E-state index in [-0.39, 0.29) is 0 Å². The first kappa shape index (κ1) is 12.3. The van der Waals surface area contributed by atoms with E-state index in [0.29, 0.717) is 0 Å². The number of hydrogen-bond acceptors (Lipinski definition) is 3. The molecule has 0 atom stereocenters. The molecule has 0 saturated carbocycles. The minimum Gasteiger partial charge on any atom is -0.305 e. The molecule has 0 spiro atoms. The summed E-state index contributed by atoms with van der Waals surface area (Å²) in [7, 11) is 3.90. The monoisotopic (exact) mass is 297 g/mol. The van der Waals surface area contributed by atoms with Gasteiger partial charge in [0.15, 0.2) is 0 Å². The number of rotatable bonds is 4. The fraction of sp³-hybridized carbons (Fsp3) is 0.455. The average molecular weight is 298 g/mol. The number of hydrogen-bond donors (Lipinski definition) is 1. The molecule has 0 aliphatic carbocycles. The standard InChI is InChI=1S/C11H16BrN5/c1-8-11(12)10(17(3)15-8)7-13-6-9-4-5-14-16(9)2/h4-5,13H,6-7H2,1-3H3. The highest BCUT2D eigenvalue weighted by Gasteiger charge is 2.09. The molecule has 0 aliphatic heterocycles. The summed E-state index contributed by atoms with van der Waals surface area (Å²) in [5.74, 6) is 0. The number of aromatic nitrogens is 4. The maximum atomic E-state index is 4.36. The Balaban J connectivity index is 1.97. The van der Waals surface area contributed by atoms with E-state index in [2.05, 4.69) is 31.4 Å². The Bertz CT molecular complexity index is 514. The van der Waals surface area contributed by atoms with Crippen LogP contribution in [0.5, 0.6) is 0 Å². The SMILES string of the molecule is Cc1nn(C)c(CNCc2ccnn2C)c1Br. The van der Waals surface area contributed by atoms with Crippen molar-refractivity contribution in [3.63, 3.8) is 0 Å². The van der Waals surface area contributed by atoms with Crippen molar-refractivity contribution in [2.45, 2.75) is 20.0 Å². The van der Waals surface area contributed by atoms with E-state index in [1.165, 1.54) is 5.69 Å². The van der Waals surface area contributed by atoms with Crippen LogP contribution >= 0.6 is 15.9 Å². The highest BCUT2D eigenvalue weighted by molar-refractivity contribution is 9.10. The van der Waals surface area contributed by atoms with Crippen LogP contribution in [0.4, 0.5) is 0 Å². The Morgan fingerprint density at radius 2 is 2.06 bits per heavy atom. The molecule has 1 N–H and O–H groups in total. The second kappa shape index (κ2) is 5.01.